The molecule has 0 amide bonds. The number of quaternary nitrogens is 1. The Morgan fingerprint density at radius 3 is 2.44 bits per heavy atom. The van der Waals surface area contributed by atoms with Crippen molar-refractivity contribution in [3.63, 3.8) is 0 Å². The van der Waals surface area contributed by atoms with Crippen LogP contribution in [0, 0.1) is 0 Å². The average Bonchev–Trinajstić information content (AvgIpc) is 3.12. The van der Waals surface area contributed by atoms with Crippen molar-refractivity contribution < 1.29 is 9.32 Å². The van der Waals surface area contributed by atoms with Crippen molar-refractivity contribution in [3.8, 4) is 11.3 Å². The van der Waals surface area contributed by atoms with Gasteiger partial charge in [0.15, 0.2) is 12.3 Å². The molecular weight excluding hydrogens is 334 g/mol. The number of hydrogen-bond acceptors (Lipinski definition) is 3. The SMILES string of the molecule is Clc1ccc(-c2cnc(C[NH+]3CCN(c4ccccc4)CC3)o2)cc1. The number of halogens is 1. The molecule has 0 radical (unpaired) electrons. The van der Waals surface area contributed by atoms with E-state index < -0.39 is 0 Å². The maximum absolute atomic E-state index is 5.94. The fourth-order valence-electron chi connectivity index (χ4n) is 3.25. The predicted octanol–water partition coefficient (Wildman–Crippen LogP) is 2.90. The summed E-state index contributed by atoms with van der Waals surface area (Å²) in [5.74, 6) is 1.60. The summed E-state index contributed by atoms with van der Waals surface area (Å²) >= 11 is 5.94. The second-order valence-corrected chi connectivity index (χ2v) is 6.81. The molecule has 5 heteroatoms. The fraction of sp³-hybridized carbons (Fsp3) is 0.250. The smallest absolute Gasteiger partial charge is 0.250 e. The quantitative estimate of drug-likeness (QED) is 0.782. The van der Waals surface area contributed by atoms with E-state index >= 15 is 0 Å². The highest BCUT2D eigenvalue weighted by Crippen LogP contribution is 2.22. The third kappa shape index (κ3) is 3.86. The molecule has 25 heavy (non-hydrogen) atoms. The molecule has 0 atom stereocenters. The van der Waals surface area contributed by atoms with Crippen LogP contribution in [-0.2, 0) is 6.54 Å². The first-order valence-electron chi connectivity index (χ1n) is 8.62. The van der Waals surface area contributed by atoms with Gasteiger partial charge in [0.1, 0.15) is 0 Å². The van der Waals surface area contributed by atoms with Gasteiger partial charge in [-0.15, -0.1) is 0 Å². The molecule has 4 rings (SSSR count). The van der Waals surface area contributed by atoms with E-state index in [4.69, 9.17) is 16.0 Å². The zero-order chi connectivity index (χ0) is 17.1. The molecule has 0 saturated carbocycles. The summed E-state index contributed by atoms with van der Waals surface area (Å²) in [7, 11) is 0. The van der Waals surface area contributed by atoms with Gasteiger partial charge in [0, 0.05) is 16.3 Å². The number of benzene rings is 2. The predicted molar refractivity (Wildman–Crippen MR) is 100 cm³/mol. The van der Waals surface area contributed by atoms with Gasteiger partial charge in [0.25, 0.3) is 5.89 Å². The van der Waals surface area contributed by atoms with Crippen molar-refractivity contribution in [1.29, 1.82) is 0 Å². The molecule has 1 N–H and O–H groups in total. The summed E-state index contributed by atoms with van der Waals surface area (Å²) in [6, 6.07) is 18.3. The van der Waals surface area contributed by atoms with E-state index in [9.17, 15) is 0 Å². The van der Waals surface area contributed by atoms with E-state index in [1.165, 1.54) is 10.6 Å². The summed E-state index contributed by atoms with van der Waals surface area (Å²) < 4.78 is 5.94. The Bertz CT molecular complexity index is 808. The van der Waals surface area contributed by atoms with E-state index in [1.54, 1.807) is 6.20 Å². The Hall–Kier alpha value is -2.30. The van der Waals surface area contributed by atoms with Crippen molar-refractivity contribution in [2.75, 3.05) is 31.1 Å². The van der Waals surface area contributed by atoms with E-state index in [-0.39, 0.29) is 0 Å². The van der Waals surface area contributed by atoms with E-state index in [0.717, 1.165) is 55.0 Å². The molecule has 3 aromatic rings. The maximum atomic E-state index is 5.94. The molecular formula is C20H21ClN3O+. The van der Waals surface area contributed by atoms with Gasteiger partial charge < -0.3 is 14.2 Å². The number of aromatic nitrogens is 1. The zero-order valence-electron chi connectivity index (χ0n) is 14.0. The summed E-state index contributed by atoms with van der Waals surface area (Å²) in [6.07, 6.45) is 1.80. The highest BCUT2D eigenvalue weighted by Gasteiger charge is 2.22. The number of para-hydroxylation sites is 1. The second kappa shape index (κ2) is 7.30. The highest BCUT2D eigenvalue weighted by molar-refractivity contribution is 6.30. The summed E-state index contributed by atoms with van der Waals surface area (Å²) in [6.45, 7) is 5.13. The van der Waals surface area contributed by atoms with Crippen molar-refractivity contribution in [1.82, 2.24) is 4.98 Å². The van der Waals surface area contributed by atoms with Gasteiger partial charge in [-0.2, -0.15) is 0 Å². The molecule has 1 aliphatic rings. The van der Waals surface area contributed by atoms with Crippen LogP contribution in [0.1, 0.15) is 5.89 Å². The van der Waals surface area contributed by atoms with Crippen molar-refractivity contribution in [3.05, 3.63) is 71.7 Å². The van der Waals surface area contributed by atoms with Gasteiger partial charge in [-0.3, -0.25) is 0 Å². The van der Waals surface area contributed by atoms with Crippen LogP contribution in [0.3, 0.4) is 0 Å². The summed E-state index contributed by atoms with van der Waals surface area (Å²) in [4.78, 5) is 8.41. The van der Waals surface area contributed by atoms with E-state index in [2.05, 4.69) is 40.2 Å². The Balaban J connectivity index is 1.35. The molecule has 0 unspecified atom stereocenters. The van der Waals surface area contributed by atoms with Crippen LogP contribution in [0.2, 0.25) is 5.02 Å². The minimum Gasteiger partial charge on any atom is -0.435 e. The lowest BCUT2D eigenvalue weighted by atomic mass is 10.2. The molecule has 2 aromatic carbocycles. The zero-order valence-corrected chi connectivity index (χ0v) is 14.7. The lowest BCUT2D eigenvalue weighted by molar-refractivity contribution is -0.915. The number of nitrogens with one attached hydrogen (secondary N) is 1. The first-order chi connectivity index (χ1) is 12.3. The largest absolute Gasteiger partial charge is 0.435 e. The second-order valence-electron chi connectivity index (χ2n) is 6.37. The maximum Gasteiger partial charge on any atom is 0.250 e. The summed E-state index contributed by atoms with van der Waals surface area (Å²) in [5.41, 5.74) is 2.31. The van der Waals surface area contributed by atoms with Crippen molar-refractivity contribution in [2.24, 2.45) is 0 Å². The number of rotatable bonds is 4. The minimum absolute atomic E-state index is 0.726. The van der Waals surface area contributed by atoms with Crippen LogP contribution in [-0.4, -0.2) is 31.2 Å². The molecule has 2 heterocycles. The third-order valence-electron chi connectivity index (χ3n) is 4.68. The van der Waals surface area contributed by atoms with E-state index in [1.807, 2.05) is 24.3 Å². The Kier molecular flexibility index (Phi) is 4.72. The fourth-order valence-corrected chi connectivity index (χ4v) is 3.38. The van der Waals surface area contributed by atoms with Gasteiger partial charge in [0.05, 0.1) is 32.4 Å². The van der Waals surface area contributed by atoms with Gasteiger partial charge in [-0.05, 0) is 36.4 Å². The summed E-state index contributed by atoms with van der Waals surface area (Å²) in [5, 5.41) is 0.726. The van der Waals surface area contributed by atoms with Crippen LogP contribution in [0.4, 0.5) is 5.69 Å². The van der Waals surface area contributed by atoms with Crippen LogP contribution in [0.5, 0.6) is 0 Å². The first kappa shape index (κ1) is 16.2. The van der Waals surface area contributed by atoms with Crippen molar-refractivity contribution >= 4 is 17.3 Å². The monoisotopic (exact) mass is 354 g/mol. The number of oxazole rings is 1. The van der Waals surface area contributed by atoms with Crippen LogP contribution < -0.4 is 9.80 Å². The Labute approximate surface area is 152 Å². The molecule has 0 bridgehead atoms. The number of piperazine rings is 1. The molecule has 1 aliphatic heterocycles. The number of anilines is 1. The Morgan fingerprint density at radius 1 is 1.00 bits per heavy atom. The average molecular weight is 355 g/mol. The van der Waals surface area contributed by atoms with Crippen LogP contribution in [0.15, 0.2) is 65.2 Å². The van der Waals surface area contributed by atoms with Gasteiger partial charge in [-0.25, -0.2) is 4.98 Å². The molecule has 1 aromatic heterocycles. The highest BCUT2D eigenvalue weighted by atomic mass is 35.5. The Morgan fingerprint density at radius 2 is 1.72 bits per heavy atom. The van der Waals surface area contributed by atoms with Gasteiger partial charge in [0.2, 0.25) is 0 Å². The first-order valence-corrected chi connectivity index (χ1v) is 9.00. The molecule has 1 saturated heterocycles. The molecule has 0 aliphatic carbocycles. The normalized spacial score (nSPS) is 15.5. The van der Waals surface area contributed by atoms with Gasteiger partial charge >= 0.3 is 0 Å². The molecule has 4 nitrogen and oxygen atoms in total. The van der Waals surface area contributed by atoms with Crippen LogP contribution >= 0.6 is 11.6 Å². The topological polar surface area (TPSA) is 33.7 Å². The lowest BCUT2D eigenvalue weighted by Gasteiger charge is -2.33. The van der Waals surface area contributed by atoms with Crippen LogP contribution in [0.25, 0.3) is 11.3 Å². The molecule has 0 spiro atoms. The van der Waals surface area contributed by atoms with Gasteiger partial charge in [-0.1, -0.05) is 29.8 Å². The molecule has 1 fully saturated rings. The minimum atomic E-state index is 0.726. The van der Waals surface area contributed by atoms with Crippen molar-refractivity contribution in [2.45, 2.75) is 6.54 Å². The standard InChI is InChI=1S/C20H20ClN3O/c21-17-8-6-16(7-9-17)19-14-22-20(25-19)15-23-10-12-24(13-11-23)18-4-2-1-3-5-18/h1-9,14H,10-13,15H2/p+1. The lowest BCUT2D eigenvalue weighted by Crippen LogP contribution is -3.13. The molecule has 128 valence electrons. The number of hydrogen-bond donors (Lipinski definition) is 1. The third-order valence-corrected chi connectivity index (χ3v) is 4.93. The number of nitrogens with zero attached hydrogens (tertiary/aromatic N) is 2. The van der Waals surface area contributed by atoms with E-state index in [0.29, 0.717) is 0 Å².